The summed E-state index contributed by atoms with van der Waals surface area (Å²) < 4.78 is 43.0. The van der Waals surface area contributed by atoms with E-state index < -0.39 is 24.3 Å². The normalized spacial score (nSPS) is 22.9. The number of carbonyl (C=O) groups is 1. The molecule has 3 heterocycles. The van der Waals surface area contributed by atoms with Gasteiger partial charge in [0, 0.05) is 5.56 Å². The van der Waals surface area contributed by atoms with Crippen molar-refractivity contribution in [2.75, 3.05) is 7.11 Å². The summed E-state index contributed by atoms with van der Waals surface area (Å²) in [7, 11) is 1.34. The molecule has 7 nitrogen and oxygen atoms in total. The number of alkyl halides is 2. The van der Waals surface area contributed by atoms with Crippen molar-refractivity contribution in [1.29, 1.82) is 0 Å². The second-order valence-corrected chi connectivity index (χ2v) is 9.21. The Morgan fingerprint density at radius 2 is 2.03 bits per heavy atom. The lowest BCUT2D eigenvalue weighted by molar-refractivity contribution is -0.132. The van der Waals surface area contributed by atoms with Gasteiger partial charge in [0.05, 0.1) is 17.7 Å². The predicted octanol–water partition coefficient (Wildman–Crippen LogP) is 2.89. The molecule has 0 spiro atoms. The molecule has 5 rings (SSSR count). The zero-order valence-corrected chi connectivity index (χ0v) is 19.3. The zero-order valence-electron chi connectivity index (χ0n) is 18.5. The van der Waals surface area contributed by atoms with Crippen LogP contribution in [-0.2, 0) is 4.79 Å². The molecular weight excluding hydrogens is 466 g/mol. The van der Waals surface area contributed by atoms with Crippen LogP contribution in [-0.4, -0.2) is 29.8 Å². The number of hydrogen-bond donors (Lipinski definition) is 0. The Hall–Kier alpha value is -3.53. The van der Waals surface area contributed by atoms with Crippen molar-refractivity contribution in [2.45, 2.75) is 32.2 Å². The largest absolute Gasteiger partial charge is 0.493 e. The topological polar surface area (TPSA) is 79.1 Å². The number of fused-ring (bicyclic) bond motifs is 6. The molecule has 3 atom stereocenters. The van der Waals surface area contributed by atoms with Crippen LogP contribution in [0.2, 0.25) is 0 Å². The first-order chi connectivity index (χ1) is 16.2. The number of halogens is 2. The van der Waals surface area contributed by atoms with Crippen LogP contribution in [0.1, 0.15) is 31.0 Å². The van der Waals surface area contributed by atoms with E-state index in [-0.39, 0.29) is 22.8 Å². The van der Waals surface area contributed by atoms with Crippen molar-refractivity contribution in [3.05, 3.63) is 73.3 Å². The number of Topliss-reactive ketones (excluding diaryl/α,β-unsaturated/α-hetero) is 1. The van der Waals surface area contributed by atoms with Crippen molar-refractivity contribution in [3.63, 3.8) is 0 Å². The highest BCUT2D eigenvalue weighted by Crippen LogP contribution is 2.47. The Labute approximate surface area is 196 Å². The zero-order chi connectivity index (χ0) is 24.2. The van der Waals surface area contributed by atoms with Crippen molar-refractivity contribution < 1.29 is 27.8 Å². The number of methoxy groups -OCH3 is 1. The van der Waals surface area contributed by atoms with Gasteiger partial charge < -0.3 is 14.2 Å². The van der Waals surface area contributed by atoms with Gasteiger partial charge in [0.25, 0.3) is 5.56 Å². The molecule has 10 heteroatoms. The minimum absolute atomic E-state index is 0.105. The van der Waals surface area contributed by atoms with E-state index in [2.05, 4.69) is 4.74 Å². The van der Waals surface area contributed by atoms with E-state index in [1.165, 1.54) is 37.5 Å². The van der Waals surface area contributed by atoms with Crippen LogP contribution in [0, 0.1) is 5.92 Å². The lowest BCUT2D eigenvalue weighted by Gasteiger charge is -2.45. The summed E-state index contributed by atoms with van der Waals surface area (Å²) in [5.74, 6) is -0.195. The molecule has 0 radical (unpaired) electrons. The summed E-state index contributed by atoms with van der Waals surface area (Å²) in [5, 5.41) is 0. The third-order valence-corrected chi connectivity index (χ3v) is 7.00. The summed E-state index contributed by atoms with van der Waals surface area (Å²) >= 11 is 1.17. The van der Waals surface area contributed by atoms with E-state index in [1.807, 2.05) is 18.2 Å². The average molecular weight is 486 g/mol. The van der Waals surface area contributed by atoms with Crippen LogP contribution < -0.4 is 29.1 Å². The number of aromatic nitrogens is 1. The van der Waals surface area contributed by atoms with E-state index in [0.29, 0.717) is 20.6 Å². The molecule has 2 aliphatic heterocycles. The van der Waals surface area contributed by atoms with Gasteiger partial charge in [-0.15, -0.1) is 0 Å². The van der Waals surface area contributed by atoms with Gasteiger partial charge in [0.1, 0.15) is 17.5 Å². The van der Waals surface area contributed by atoms with Gasteiger partial charge in [-0.3, -0.25) is 14.2 Å². The second kappa shape index (κ2) is 8.05. The molecule has 176 valence electrons. The van der Waals surface area contributed by atoms with Crippen molar-refractivity contribution in [1.82, 2.24) is 4.57 Å². The van der Waals surface area contributed by atoms with Gasteiger partial charge in [-0.25, -0.2) is 4.99 Å². The molecule has 0 amide bonds. The van der Waals surface area contributed by atoms with Crippen LogP contribution in [0.5, 0.6) is 17.2 Å². The third-order valence-electron chi connectivity index (χ3n) is 6.02. The maximum Gasteiger partial charge on any atom is 0.387 e. The fourth-order valence-electron chi connectivity index (χ4n) is 4.67. The molecule has 0 fully saturated rings. The summed E-state index contributed by atoms with van der Waals surface area (Å²) in [6.45, 7) is 0.248. The highest BCUT2D eigenvalue weighted by molar-refractivity contribution is 7.07. The first-order valence-corrected chi connectivity index (χ1v) is 11.3. The van der Waals surface area contributed by atoms with Gasteiger partial charge in [0.15, 0.2) is 16.3 Å². The molecule has 2 bridgehead atoms. The number of rotatable bonds is 5. The summed E-state index contributed by atoms with van der Waals surface area (Å²) in [6.07, 6.45) is 1.63. The van der Waals surface area contributed by atoms with E-state index in [4.69, 9.17) is 14.5 Å². The summed E-state index contributed by atoms with van der Waals surface area (Å²) in [4.78, 5) is 31.4. The molecule has 0 saturated carbocycles. The molecule has 2 aliphatic rings. The molecule has 0 saturated heterocycles. The lowest BCUT2D eigenvalue weighted by atomic mass is 9.79. The third kappa shape index (κ3) is 3.49. The Bertz CT molecular complexity index is 1480. The maximum absolute atomic E-state index is 13.5. The van der Waals surface area contributed by atoms with E-state index in [0.717, 1.165) is 5.56 Å². The second-order valence-electron chi connectivity index (χ2n) is 8.20. The van der Waals surface area contributed by atoms with Crippen LogP contribution in [0.3, 0.4) is 0 Å². The number of ether oxygens (including phenoxy) is 3. The van der Waals surface area contributed by atoms with Crippen LogP contribution in [0.15, 0.2) is 52.3 Å². The number of hydrogen-bond acceptors (Lipinski definition) is 7. The Balaban J connectivity index is 1.69. The highest BCUT2D eigenvalue weighted by Gasteiger charge is 2.53. The predicted molar refractivity (Wildman–Crippen MR) is 120 cm³/mol. The van der Waals surface area contributed by atoms with Crippen LogP contribution in [0.4, 0.5) is 8.78 Å². The Kier molecular flexibility index (Phi) is 5.27. The molecule has 0 N–H and O–H groups in total. The fraction of sp³-hybridized carbons (Fsp3) is 0.292. The number of para-hydroxylation sites is 1. The molecular formula is C24H20F2N2O5S. The maximum atomic E-state index is 13.5. The van der Waals surface area contributed by atoms with Gasteiger partial charge in [-0.1, -0.05) is 35.6 Å². The van der Waals surface area contributed by atoms with Gasteiger partial charge in [0.2, 0.25) is 5.72 Å². The molecule has 2 aromatic carbocycles. The van der Waals surface area contributed by atoms with Crippen LogP contribution >= 0.6 is 11.3 Å². The highest BCUT2D eigenvalue weighted by atomic mass is 32.1. The smallest absolute Gasteiger partial charge is 0.387 e. The standard InChI is InChI=1S/C24H20F2N2O5S/c1-12(29)19-20-14-6-4-5-7-15(14)33-24(19,2)27-23-28(20)21(30)18(34-23)11-13-8-9-16(32-22(25)26)17(10-13)31-3/h4-11,19-20,22H,1-3H3/b18-11-/t19-,20-,24-/m0/s1. The molecule has 0 aliphatic carbocycles. The molecule has 3 aromatic rings. The lowest BCUT2D eigenvalue weighted by Crippen LogP contribution is -2.58. The molecule has 1 aromatic heterocycles. The van der Waals surface area contributed by atoms with Gasteiger partial charge in [-0.2, -0.15) is 8.78 Å². The summed E-state index contributed by atoms with van der Waals surface area (Å²) in [5.41, 5.74) is -0.135. The van der Waals surface area contributed by atoms with Crippen molar-refractivity contribution in [2.24, 2.45) is 10.9 Å². The molecule has 34 heavy (non-hydrogen) atoms. The Morgan fingerprint density at radius 3 is 2.74 bits per heavy atom. The van der Waals surface area contributed by atoms with Gasteiger partial charge >= 0.3 is 6.61 Å². The minimum atomic E-state index is -2.99. The van der Waals surface area contributed by atoms with E-state index in [9.17, 15) is 18.4 Å². The fourth-order valence-corrected chi connectivity index (χ4v) is 5.77. The van der Waals surface area contributed by atoms with E-state index >= 15 is 0 Å². The first kappa shape index (κ1) is 22.3. The van der Waals surface area contributed by atoms with Crippen molar-refractivity contribution in [3.8, 4) is 17.2 Å². The van der Waals surface area contributed by atoms with Crippen molar-refractivity contribution >= 4 is 23.2 Å². The van der Waals surface area contributed by atoms with E-state index in [1.54, 1.807) is 29.7 Å². The van der Waals surface area contributed by atoms with Crippen LogP contribution in [0.25, 0.3) is 6.08 Å². The van der Waals surface area contributed by atoms with Gasteiger partial charge in [-0.05, 0) is 43.7 Å². The quantitative estimate of drug-likeness (QED) is 0.554. The molecule has 0 unspecified atom stereocenters. The number of nitrogens with zero attached hydrogens (tertiary/aromatic N) is 2. The number of carbonyl (C=O) groups excluding carboxylic acids is 1. The SMILES string of the molecule is COc1cc(/C=c2\sc3n(c2=O)[C@H]2c4ccccc4O[C@](C)(N=3)[C@H]2C(C)=O)ccc1OC(F)F. The number of thiazole rings is 1. The minimum Gasteiger partial charge on any atom is -0.493 e. The number of benzene rings is 2. The first-order valence-electron chi connectivity index (χ1n) is 10.5. The summed E-state index contributed by atoms with van der Waals surface area (Å²) in [6, 6.07) is 11.2. The monoisotopic (exact) mass is 486 g/mol. The Morgan fingerprint density at radius 1 is 1.26 bits per heavy atom. The average Bonchev–Trinajstić information content (AvgIpc) is 3.07. The number of ketones is 1.